The largest absolute Gasteiger partial charge is 0.328 e. The van der Waals surface area contributed by atoms with E-state index in [-0.39, 0.29) is 10.8 Å². The number of anilines is 2. The summed E-state index contributed by atoms with van der Waals surface area (Å²) < 4.78 is 2.38. The monoisotopic (exact) mass is 812 g/mol. The number of fused-ring (bicyclic) bond motifs is 3. The molecule has 0 radical (unpaired) electrons. The van der Waals surface area contributed by atoms with Crippen LogP contribution in [0.3, 0.4) is 0 Å². The normalized spacial score (nSPS) is 13.5. The summed E-state index contributed by atoms with van der Waals surface area (Å²) >= 11 is 0. The molecule has 0 N–H and O–H groups in total. The zero-order valence-electron chi connectivity index (χ0n) is 38.4. The number of benzene rings is 6. The van der Waals surface area contributed by atoms with Crippen LogP contribution in [0.1, 0.15) is 103 Å². The minimum absolute atomic E-state index is 0.0234. The molecular formula is C58H60N4. The van der Waals surface area contributed by atoms with Crippen molar-refractivity contribution < 1.29 is 0 Å². The van der Waals surface area contributed by atoms with Crippen LogP contribution in [0.5, 0.6) is 0 Å². The molecule has 0 spiro atoms. The molecule has 3 heterocycles. The average molecular weight is 813 g/mol. The van der Waals surface area contributed by atoms with E-state index in [1.54, 1.807) is 0 Å². The lowest BCUT2D eigenvalue weighted by molar-refractivity contribution is 0.587. The van der Waals surface area contributed by atoms with Crippen LogP contribution in [-0.4, -0.2) is 16.2 Å². The number of nitrogens with zero attached hydrogens (tertiary/aromatic N) is 4. The number of hydrogen-bond donors (Lipinski definition) is 0. The zero-order valence-corrected chi connectivity index (χ0v) is 38.4. The maximum atomic E-state index is 5.06. The topological polar surface area (TPSA) is 24.3 Å². The Kier molecular flexibility index (Phi) is 10.0. The zero-order chi connectivity index (χ0) is 43.7. The van der Waals surface area contributed by atoms with Crippen molar-refractivity contribution in [2.75, 3.05) is 16.5 Å². The Morgan fingerprint density at radius 2 is 0.984 bits per heavy atom. The Bertz CT molecular complexity index is 2940. The van der Waals surface area contributed by atoms with Gasteiger partial charge < -0.3 is 9.80 Å². The minimum atomic E-state index is -0.684. The van der Waals surface area contributed by atoms with Crippen molar-refractivity contribution in [2.45, 2.75) is 92.4 Å². The standard InChI is InChI=1S/C58H60N4/c1-38-39(2)41(4)55(42(5)40(38)3)61-31-30-60(37-61)49-33-47(57(9,10)11)32-48(34-49)58(43-20-14-12-15-21-43,44-22-16-13-17-23-44)46-26-27-51-50-24-18-19-25-52(50)62(53(51)35-46)54-36-45(28-29-59-54)56(6,7)8/h12-36H,37H2,1-11H3. The van der Waals surface area contributed by atoms with Gasteiger partial charge in [0, 0.05) is 40.7 Å². The Hall–Kier alpha value is -6.39. The number of para-hydroxylation sites is 1. The fourth-order valence-corrected chi connectivity index (χ4v) is 9.90. The van der Waals surface area contributed by atoms with E-state index in [0.717, 1.165) is 23.5 Å². The smallest absolute Gasteiger partial charge is 0.137 e. The fraction of sp³-hybridized carbons (Fsp3) is 0.259. The van der Waals surface area contributed by atoms with Crippen LogP contribution >= 0.6 is 0 Å². The Morgan fingerprint density at radius 1 is 0.435 bits per heavy atom. The van der Waals surface area contributed by atoms with Crippen molar-refractivity contribution in [1.82, 2.24) is 9.55 Å². The highest BCUT2D eigenvalue weighted by Gasteiger charge is 2.40. The third-order valence-corrected chi connectivity index (χ3v) is 13.9. The molecule has 4 heteroatoms. The van der Waals surface area contributed by atoms with Gasteiger partial charge >= 0.3 is 0 Å². The molecule has 0 saturated carbocycles. The van der Waals surface area contributed by atoms with E-state index in [9.17, 15) is 0 Å². The quantitative estimate of drug-likeness (QED) is 0.150. The highest BCUT2D eigenvalue weighted by molar-refractivity contribution is 6.09. The molecule has 2 aromatic heterocycles. The summed E-state index contributed by atoms with van der Waals surface area (Å²) in [6, 6.07) is 50.0. The molecule has 62 heavy (non-hydrogen) atoms. The molecule has 312 valence electrons. The van der Waals surface area contributed by atoms with Gasteiger partial charge in [0.2, 0.25) is 0 Å². The summed E-state index contributed by atoms with van der Waals surface area (Å²) in [5.41, 5.74) is 18.2. The van der Waals surface area contributed by atoms with Gasteiger partial charge in [-0.15, -0.1) is 0 Å². The lowest BCUT2D eigenvalue weighted by Gasteiger charge is -2.38. The van der Waals surface area contributed by atoms with Crippen molar-refractivity contribution in [2.24, 2.45) is 0 Å². The number of hydrogen-bond acceptors (Lipinski definition) is 3. The van der Waals surface area contributed by atoms with Gasteiger partial charge in [-0.25, -0.2) is 4.98 Å². The van der Waals surface area contributed by atoms with E-state index < -0.39 is 5.41 Å². The summed E-state index contributed by atoms with van der Waals surface area (Å²) in [5.74, 6) is 0.928. The van der Waals surface area contributed by atoms with E-state index in [4.69, 9.17) is 4.98 Å². The van der Waals surface area contributed by atoms with Gasteiger partial charge in [-0.3, -0.25) is 4.57 Å². The first-order chi connectivity index (χ1) is 29.6. The summed E-state index contributed by atoms with van der Waals surface area (Å²) in [4.78, 5) is 9.92. The van der Waals surface area contributed by atoms with Gasteiger partial charge in [0.25, 0.3) is 0 Å². The number of pyridine rings is 1. The Labute approximate surface area is 369 Å². The Morgan fingerprint density at radius 3 is 1.61 bits per heavy atom. The molecule has 1 aliphatic heterocycles. The third kappa shape index (κ3) is 6.72. The first-order valence-electron chi connectivity index (χ1n) is 22.2. The van der Waals surface area contributed by atoms with E-state index in [2.05, 4.69) is 236 Å². The maximum absolute atomic E-state index is 5.06. The van der Waals surface area contributed by atoms with E-state index in [1.165, 1.54) is 83.3 Å². The number of aromatic nitrogens is 2. The average Bonchev–Trinajstić information content (AvgIpc) is 3.89. The predicted octanol–water partition coefficient (Wildman–Crippen LogP) is 14.5. The van der Waals surface area contributed by atoms with Gasteiger partial charge in [-0.1, -0.05) is 139 Å². The van der Waals surface area contributed by atoms with Gasteiger partial charge in [0.1, 0.15) is 5.82 Å². The van der Waals surface area contributed by atoms with Crippen LogP contribution in [-0.2, 0) is 16.2 Å². The Balaban J connectivity index is 1.32. The molecule has 9 rings (SSSR count). The fourth-order valence-electron chi connectivity index (χ4n) is 9.90. The maximum Gasteiger partial charge on any atom is 0.137 e. The lowest BCUT2D eigenvalue weighted by atomic mass is 9.64. The van der Waals surface area contributed by atoms with Crippen molar-refractivity contribution in [3.8, 4) is 5.82 Å². The summed E-state index contributed by atoms with van der Waals surface area (Å²) in [6.45, 7) is 25.9. The van der Waals surface area contributed by atoms with Crippen LogP contribution < -0.4 is 9.80 Å². The third-order valence-electron chi connectivity index (χ3n) is 13.9. The highest BCUT2D eigenvalue weighted by Crippen LogP contribution is 2.49. The molecule has 0 fully saturated rings. The van der Waals surface area contributed by atoms with Gasteiger partial charge in [0.15, 0.2) is 0 Å². The lowest BCUT2D eigenvalue weighted by Crippen LogP contribution is -2.32. The molecule has 0 saturated heterocycles. The molecule has 1 aliphatic rings. The van der Waals surface area contributed by atoms with Gasteiger partial charge in [-0.2, -0.15) is 0 Å². The van der Waals surface area contributed by atoms with Crippen molar-refractivity contribution >= 4 is 33.2 Å². The van der Waals surface area contributed by atoms with E-state index in [0.29, 0.717) is 0 Å². The molecule has 4 nitrogen and oxygen atoms in total. The summed E-state index contributed by atoms with van der Waals surface area (Å²) in [7, 11) is 0. The van der Waals surface area contributed by atoms with Crippen molar-refractivity contribution in [3.63, 3.8) is 0 Å². The summed E-state index contributed by atoms with van der Waals surface area (Å²) in [6.07, 6.45) is 6.50. The van der Waals surface area contributed by atoms with E-state index in [1.807, 2.05) is 6.20 Å². The van der Waals surface area contributed by atoms with Crippen LogP contribution in [0.2, 0.25) is 0 Å². The first-order valence-corrected chi connectivity index (χ1v) is 22.2. The second kappa shape index (κ2) is 15.2. The van der Waals surface area contributed by atoms with Crippen LogP contribution in [0, 0.1) is 34.6 Å². The van der Waals surface area contributed by atoms with Crippen molar-refractivity contribution in [3.05, 3.63) is 213 Å². The molecule has 0 atom stereocenters. The predicted molar refractivity (Wildman–Crippen MR) is 263 cm³/mol. The second-order valence-corrected chi connectivity index (χ2v) is 19.6. The molecule has 8 aromatic rings. The first kappa shape index (κ1) is 41.0. The highest BCUT2D eigenvalue weighted by atomic mass is 15.3. The van der Waals surface area contributed by atoms with Crippen LogP contribution in [0.25, 0.3) is 27.6 Å². The van der Waals surface area contributed by atoms with E-state index >= 15 is 0 Å². The summed E-state index contributed by atoms with van der Waals surface area (Å²) in [5, 5.41) is 2.43. The number of rotatable bonds is 7. The SMILES string of the molecule is Cc1c(C)c(C)c(N2C=CN(c3cc(C(C)(C)C)cc(C(c4ccccc4)(c4ccccc4)c4ccc5c6ccccc6n(-c6cc(C(C)(C)C)ccn6)c5c4)c3)C2)c(C)c1C. The molecule has 0 aliphatic carbocycles. The van der Waals surface area contributed by atoms with Crippen LogP contribution in [0.4, 0.5) is 11.4 Å². The molecule has 0 amide bonds. The minimum Gasteiger partial charge on any atom is -0.328 e. The van der Waals surface area contributed by atoms with Gasteiger partial charge in [0.05, 0.1) is 23.1 Å². The van der Waals surface area contributed by atoms with Crippen molar-refractivity contribution in [1.29, 1.82) is 0 Å². The van der Waals surface area contributed by atoms with Crippen LogP contribution in [0.15, 0.2) is 152 Å². The molecule has 0 bridgehead atoms. The molecular weight excluding hydrogens is 753 g/mol. The second-order valence-electron chi connectivity index (χ2n) is 19.6. The van der Waals surface area contributed by atoms with Gasteiger partial charge in [-0.05, 0) is 143 Å². The molecule has 0 unspecified atom stereocenters. The molecule has 6 aromatic carbocycles.